The van der Waals surface area contributed by atoms with Crippen molar-refractivity contribution in [3.63, 3.8) is 0 Å². The van der Waals surface area contributed by atoms with Gasteiger partial charge in [0, 0.05) is 11.9 Å². The van der Waals surface area contributed by atoms with Crippen molar-refractivity contribution < 1.29 is 23.5 Å². The number of hydrogen-bond acceptors (Lipinski definition) is 4. The third kappa shape index (κ3) is 4.28. The van der Waals surface area contributed by atoms with E-state index in [1.807, 2.05) is 18.2 Å². The van der Waals surface area contributed by atoms with Crippen LogP contribution in [0.5, 0.6) is 5.75 Å². The Bertz CT molecular complexity index is 1000. The monoisotopic (exact) mass is 381 g/mol. The molecule has 3 aromatic rings. The molecule has 3 rings (SSSR count). The summed E-state index contributed by atoms with van der Waals surface area (Å²) in [6, 6.07) is 16.4. The first-order valence-corrected chi connectivity index (χ1v) is 8.78. The van der Waals surface area contributed by atoms with Crippen molar-refractivity contribution in [2.24, 2.45) is 0 Å². The van der Waals surface area contributed by atoms with Gasteiger partial charge in [-0.15, -0.1) is 0 Å². The van der Waals surface area contributed by atoms with Gasteiger partial charge in [0.05, 0.1) is 12.7 Å². The van der Waals surface area contributed by atoms with E-state index in [1.54, 1.807) is 37.4 Å². The summed E-state index contributed by atoms with van der Waals surface area (Å²) in [6.07, 6.45) is -0.978. The second-order valence-corrected chi connectivity index (χ2v) is 6.25. The van der Waals surface area contributed by atoms with Gasteiger partial charge in [0.15, 0.2) is 6.10 Å². The molecule has 3 aromatic carbocycles. The highest BCUT2D eigenvalue weighted by Crippen LogP contribution is 2.28. The molecule has 0 bridgehead atoms. The predicted molar refractivity (Wildman–Crippen MR) is 104 cm³/mol. The van der Waals surface area contributed by atoms with Crippen LogP contribution in [0.25, 0.3) is 10.8 Å². The number of rotatable bonds is 6. The molecule has 6 heteroatoms. The van der Waals surface area contributed by atoms with E-state index in [0.29, 0.717) is 16.7 Å². The molecule has 0 fully saturated rings. The van der Waals surface area contributed by atoms with Crippen molar-refractivity contribution in [1.29, 1.82) is 0 Å². The topological polar surface area (TPSA) is 64.6 Å². The van der Waals surface area contributed by atoms with Crippen LogP contribution in [0.1, 0.15) is 22.8 Å². The summed E-state index contributed by atoms with van der Waals surface area (Å²) >= 11 is 0. The van der Waals surface area contributed by atoms with Crippen molar-refractivity contribution in [2.75, 3.05) is 7.11 Å². The molecule has 0 saturated heterocycles. The van der Waals surface area contributed by atoms with E-state index in [1.165, 1.54) is 19.1 Å². The zero-order chi connectivity index (χ0) is 20.1. The van der Waals surface area contributed by atoms with Gasteiger partial charge >= 0.3 is 5.97 Å². The standard InChI is InChI=1S/C22H20FNO4/c1-14(21(25)24-13-15-7-9-16(23)10-8-15)28-22(26)19-11-12-20(27-2)18-6-4-3-5-17(18)19/h3-12,14H,13H2,1-2H3,(H,24,25)/t14-/m1/s1. The second kappa shape index (κ2) is 8.52. The molecular formula is C22H20FNO4. The SMILES string of the molecule is COc1ccc(C(=O)O[C@H](C)C(=O)NCc2ccc(F)cc2)c2ccccc12. The highest BCUT2D eigenvalue weighted by atomic mass is 19.1. The van der Waals surface area contributed by atoms with Crippen LogP contribution in [0.4, 0.5) is 4.39 Å². The van der Waals surface area contributed by atoms with E-state index in [9.17, 15) is 14.0 Å². The lowest BCUT2D eigenvalue weighted by Gasteiger charge is -2.15. The van der Waals surface area contributed by atoms with Crippen molar-refractivity contribution >= 4 is 22.6 Å². The van der Waals surface area contributed by atoms with Gasteiger partial charge in [-0.25, -0.2) is 9.18 Å². The molecule has 0 radical (unpaired) electrons. The average molecular weight is 381 g/mol. The fourth-order valence-electron chi connectivity index (χ4n) is 2.84. The lowest BCUT2D eigenvalue weighted by atomic mass is 10.0. The Morgan fingerprint density at radius 2 is 1.68 bits per heavy atom. The molecule has 0 heterocycles. The van der Waals surface area contributed by atoms with Crippen LogP contribution in [0.3, 0.4) is 0 Å². The normalized spacial score (nSPS) is 11.7. The van der Waals surface area contributed by atoms with E-state index in [4.69, 9.17) is 9.47 Å². The molecule has 1 amide bonds. The highest BCUT2D eigenvalue weighted by molar-refractivity contribution is 6.06. The minimum absolute atomic E-state index is 0.215. The molecular weight excluding hydrogens is 361 g/mol. The number of fused-ring (bicyclic) bond motifs is 1. The lowest BCUT2D eigenvalue weighted by molar-refractivity contribution is -0.129. The largest absolute Gasteiger partial charge is 0.496 e. The summed E-state index contributed by atoms with van der Waals surface area (Å²) in [6.45, 7) is 1.72. The average Bonchev–Trinajstić information content (AvgIpc) is 2.72. The zero-order valence-corrected chi connectivity index (χ0v) is 15.6. The van der Waals surface area contributed by atoms with Crippen molar-refractivity contribution in [1.82, 2.24) is 5.32 Å². The Hall–Kier alpha value is -3.41. The van der Waals surface area contributed by atoms with Gasteiger partial charge in [-0.05, 0) is 42.1 Å². The minimum Gasteiger partial charge on any atom is -0.496 e. The first-order chi connectivity index (χ1) is 13.5. The Labute approximate surface area is 162 Å². The smallest absolute Gasteiger partial charge is 0.339 e. The zero-order valence-electron chi connectivity index (χ0n) is 15.6. The molecule has 5 nitrogen and oxygen atoms in total. The summed E-state index contributed by atoms with van der Waals surface area (Å²) in [5.41, 5.74) is 1.10. The maximum atomic E-state index is 12.9. The van der Waals surface area contributed by atoms with Gasteiger partial charge in [0.25, 0.3) is 5.91 Å². The summed E-state index contributed by atoms with van der Waals surface area (Å²) in [4.78, 5) is 24.8. The Balaban J connectivity index is 1.68. The minimum atomic E-state index is -0.978. The maximum Gasteiger partial charge on any atom is 0.339 e. The highest BCUT2D eigenvalue weighted by Gasteiger charge is 2.21. The number of methoxy groups -OCH3 is 1. The number of hydrogen-bond donors (Lipinski definition) is 1. The molecule has 28 heavy (non-hydrogen) atoms. The van der Waals surface area contributed by atoms with Crippen LogP contribution in [0.15, 0.2) is 60.7 Å². The first-order valence-electron chi connectivity index (χ1n) is 8.78. The van der Waals surface area contributed by atoms with Gasteiger partial charge < -0.3 is 14.8 Å². The summed E-state index contributed by atoms with van der Waals surface area (Å²) in [5.74, 6) is -0.722. The van der Waals surface area contributed by atoms with Crippen LogP contribution in [0.2, 0.25) is 0 Å². The number of carbonyl (C=O) groups excluding carboxylic acids is 2. The van der Waals surface area contributed by atoms with Crippen LogP contribution in [-0.4, -0.2) is 25.1 Å². The maximum absolute atomic E-state index is 12.9. The van der Waals surface area contributed by atoms with Crippen molar-refractivity contribution in [2.45, 2.75) is 19.6 Å². The summed E-state index contributed by atoms with van der Waals surface area (Å²) < 4.78 is 23.6. The molecule has 1 N–H and O–H groups in total. The molecule has 0 unspecified atom stereocenters. The quantitative estimate of drug-likeness (QED) is 0.659. The van der Waals surface area contributed by atoms with Gasteiger partial charge in [-0.1, -0.05) is 36.4 Å². The number of halogens is 1. The molecule has 0 aliphatic rings. The van der Waals surface area contributed by atoms with Crippen LogP contribution in [0, 0.1) is 5.82 Å². The number of carbonyl (C=O) groups is 2. The van der Waals surface area contributed by atoms with E-state index in [-0.39, 0.29) is 12.4 Å². The lowest BCUT2D eigenvalue weighted by Crippen LogP contribution is -2.35. The molecule has 0 aliphatic heterocycles. The van der Waals surface area contributed by atoms with Gasteiger partial charge in [0.1, 0.15) is 11.6 Å². The van der Waals surface area contributed by atoms with Crippen LogP contribution in [-0.2, 0) is 16.1 Å². The van der Waals surface area contributed by atoms with Gasteiger partial charge in [-0.3, -0.25) is 4.79 Å². The number of benzene rings is 3. The summed E-state index contributed by atoms with van der Waals surface area (Å²) in [5, 5.41) is 4.14. The summed E-state index contributed by atoms with van der Waals surface area (Å²) in [7, 11) is 1.56. The predicted octanol–water partition coefficient (Wildman–Crippen LogP) is 3.85. The number of amides is 1. The van der Waals surface area contributed by atoms with E-state index < -0.39 is 18.0 Å². The third-order valence-electron chi connectivity index (χ3n) is 4.36. The third-order valence-corrected chi connectivity index (χ3v) is 4.36. The molecule has 0 aromatic heterocycles. The van der Waals surface area contributed by atoms with Gasteiger partial charge in [-0.2, -0.15) is 0 Å². The van der Waals surface area contributed by atoms with E-state index in [0.717, 1.165) is 10.9 Å². The second-order valence-electron chi connectivity index (χ2n) is 6.25. The van der Waals surface area contributed by atoms with Gasteiger partial charge in [0.2, 0.25) is 0 Å². The number of nitrogens with one attached hydrogen (secondary N) is 1. The number of esters is 1. The molecule has 0 saturated carbocycles. The van der Waals surface area contributed by atoms with Crippen LogP contribution < -0.4 is 10.1 Å². The molecule has 0 spiro atoms. The molecule has 0 aliphatic carbocycles. The Kier molecular flexibility index (Phi) is 5.89. The Morgan fingerprint density at radius 3 is 2.36 bits per heavy atom. The van der Waals surface area contributed by atoms with Crippen LogP contribution >= 0.6 is 0 Å². The number of ether oxygens (including phenoxy) is 2. The fraction of sp³-hybridized carbons (Fsp3) is 0.182. The van der Waals surface area contributed by atoms with Crippen molar-refractivity contribution in [3.8, 4) is 5.75 Å². The first kappa shape index (κ1) is 19.4. The molecule has 144 valence electrons. The van der Waals surface area contributed by atoms with Crippen molar-refractivity contribution in [3.05, 3.63) is 77.6 Å². The Morgan fingerprint density at radius 1 is 1.00 bits per heavy atom. The van der Waals surface area contributed by atoms with E-state index >= 15 is 0 Å². The molecule has 1 atom stereocenters. The van der Waals surface area contributed by atoms with E-state index in [2.05, 4.69) is 5.32 Å². The fourth-order valence-corrected chi connectivity index (χ4v) is 2.84.